The number of carboxylic acid groups (broad SMARTS) is 1. The molecule has 0 aromatic heterocycles. The fourth-order valence-corrected chi connectivity index (χ4v) is 2.77. The van der Waals surface area contributed by atoms with Crippen molar-refractivity contribution < 1.29 is 29.1 Å². The molecular formula is C19H37N9O6. The van der Waals surface area contributed by atoms with Crippen LogP contribution in [0.1, 0.15) is 45.4 Å². The van der Waals surface area contributed by atoms with Crippen molar-refractivity contribution in [3.63, 3.8) is 0 Å². The zero-order valence-electron chi connectivity index (χ0n) is 19.3. The van der Waals surface area contributed by atoms with E-state index in [0.717, 1.165) is 0 Å². The van der Waals surface area contributed by atoms with Crippen LogP contribution in [0, 0.1) is 0 Å². The Kier molecular flexibility index (Phi) is 14.6. The molecule has 0 aliphatic heterocycles. The van der Waals surface area contributed by atoms with Gasteiger partial charge in [0.25, 0.3) is 0 Å². The lowest BCUT2D eigenvalue weighted by molar-refractivity contribution is -0.143. The number of aliphatic imine (C=N–C) groups is 1. The number of aliphatic carboxylic acids is 1. The predicted octanol–water partition coefficient (Wildman–Crippen LogP) is -4.07. The molecule has 34 heavy (non-hydrogen) atoms. The molecule has 0 bridgehead atoms. The monoisotopic (exact) mass is 487 g/mol. The Morgan fingerprint density at radius 1 is 0.853 bits per heavy atom. The fraction of sp³-hybridized carbons (Fsp3) is 0.684. The Bertz CT molecular complexity index is 742. The highest BCUT2D eigenvalue weighted by Crippen LogP contribution is 2.04. The Morgan fingerprint density at radius 2 is 1.47 bits per heavy atom. The summed E-state index contributed by atoms with van der Waals surface area (Å²) in [5.41, 5.74) is 26.8. The van der Waals surface area contributed by atoms with E-state index in [1.54, 1.807) is 0 Å². The van der Waals surface area contributed by atoms with Crippen molar-refractivity contribution in [1.82, 2.24) is 16.0 Å². The molecule has 0 heterocycles. The minimum Gasteiger partial charge on any atom is -0.480 e. The van der Waals surface area contributed by atoms with Crippen LogP contribution >= 0.6 is 0 Å². The second-order valence-corrected chi connectivity index (χ2v) is 7.70. The van der Waals surface area contributed by atoms with Crippen molar-refractivity contribution in [2.45, 2.75) is 69.6 Å². The summed E-state index contributed by atoms with van der Waals surface area (Å²) < 4.78 is 0. The molecule has 0 aromatic carbocycles. The van der Waals surface area contributed by atoms with Crippen LogP contribution in [0.4, 0.5) is 0 Å². The fourth-order valence-electron chi connectivity index (χ4n) is 2.77. The van der Waals surface area contributed by atoms with Crippen molar-refractivity contribution in [1.29, 1.82) is 0 Å². The molecule has 14 N–H and O–H groups in total. The first kappa shape index (κ1) is 30.5. The number of hydrogen-bond donors (Lipinski definition) is 9. The van der Waals surface area contributed by atoms with Crippen LogP contribution in [-0.2, 0) is 24.0 Å². The minimum absolute atomic E-state index is 0.0721. The SMILES string of the molecule is CC(NC(=O)C(CCCCN)NC(=O)C(N)CCCN=C(N)N)C(=O)NC(CC(N)=O)C(=O)O. The van der Waals surface area contributed by atoms with Crippen molar-refractivity contribution in [2.75, 3.05) is 13.1 Å². The predicted molar refractivity (Wildman–Crippen MR) is 124 cm³/mol. The first-order valence-electron chi connectivity index (χ1n) is 10.8. The first-order valence-corrected chi connectivity index (χ1v) is 10.8. The number of nitrogens with one attached hydrogen (secondary N) is 3. The summed E-state index contributed by atoms with van der Waals surface area (Å²) in [5.74, 6) is -4.51. The number of carboxylic acids is 1. The summed E-state index contributed by atoms with van der Waals surface area (Å²) in [7, 11) is 0. The molecule has 0 saturated heterocycles. The molecule has 4 atom stereocenters. The van der Waals surface area contributed by atoms with Crippen LogP contribution in [-0.4, -0.2) is 77.9 Å². The summed E-state index contributed by atoms with van der Waals surface area (Å²) in [5, 5.41) is 16.2. The van der Waals surface area contributed by atoms with Crippen LogP contribution in [0.25, 0.3) is 0 Å². The molecule has 0 fully saturated rings. The smallest absolute Gasteiger partial charge is 0.326 e. The molecule has 0 aromatic rings. The molecular weight excluding hydrogens is 450 g/mol. The second-order valence-electron chi connectivity index (χ2n) is 7.70. The molecule has 0 saturated carbocycles. The van der Waals surface area contributed by atoms with E-state index in [2.05, 4.69) is 20.9 Å². The van der Waals surface area contributed by atoms with Gasteiger partial charge in [0.2, 0.25) is 23.6 Å². The van der Waals surface area contributed by atoms with E-state index in [-0.39, 0.29) is 18.8 Å². The van der Waals surface area contributed by atoms with Gasteiger partial charge in [-0.3, -0.25) is 24.2 Å². The number of guanidine groups is 1. The van der Waals surface area contributed by atoms with Gasteiger partial charge < -0.3 is 49.7 Å². The maximum atomic E-state index is 12.7. The molecule has 194 valence electrons. The number of primary amides is 1. The number of carbonyl (C=O) groups excluding carboxylic acids is 4. The van der Waals surface area contributed by atoms with Gasteiger partial charge in [-0.05, 0) is 45.6 Å². The zero-order chi connectivity index (χ0) is 26.3. The Balaban J connectivity index is 5.04. The lowest BCUT2D eigenvalue weighted by Crippen LogP contribution is -2.56. The van der Waals surface area contributed by atoms with Gasteiger partial charge >= 0.3 is 5.97 Å². The third-order valence-corrected chi connectivity index (χ3v) is 4.66. The minimum atomic E-state index is -1.54. The molecule has 0 radical (unpaired) electrons. The molecule has 4 amide bonds. The average Bonchev–Trinajstić information content (AvgIpc) is 2.74. The maximum Gasteiger partial charge on any atom is 0.326 e. The van der Waals surface area contributed by atoms with Gasteiger partial charge in [-0.2, -0.15) is 0 Å². The van der Waals surface area contributed by atoms with Crippen molar-refractivity contribution in [3.05, 3.63) is 0 Å². The van der Waals surface area contributed by atoms with E-state index in [0.29, 0.717) is 32.4 Å². The second kappa shape index (κ2) is 16.2. The van der Waals surface area contributed by atoms with E-state index in [4.69, 9.17) is 33.8 Å². The lowest BCUT2D eigenvalue weighted by atomic mass is 10.1. The quantitative estimate of drug-likeness (QED) is 0.0543. The summed E-state index contributed by atoms with van der Waals surface area (Å²) >= 11 is 0. The number of unbranched alkanes of at least 4 members (excludes halogenated alkanes) is 1. The Hall–Kier alpha value is -3.46. The van der Waals surface area contributed by atoms with Gasteiger partial charge in [0.1, 0.15) is 18.1 Å². The van der Waals surface area contributed by atoms with Gasteiger partial charge in [0.05, 0.1) is 12.5 Å². The molecule has 15 heteroatoms. The van der Waals surface area contributed by atoms with Crippen LogP contribution in [0.3, 0.4) is 0 Å². The first-order chi connectivity index (χ1) is 15.9. The van der Waals surface area contributed by atoms with E-state index in [1.807, 2.05) is 0 Å². The number of hydrogen-bond acceptors (Lipinski definition) is 8. The van der Waals surface area contributed by atoms with Crippen LogP contribution in [0.2, 0.25) is 0 Å². The van der Waals surface area contributed by atoms with Gasteiger partial charge in [-0.25, -0.2) is 4.79 Å². The molecule has 0 spiro atoms. The highest BCUT2D eigenvalue weighted by atomic mass is 16.4. The van der Waals surface area contributed by atoms with Crippen molar-refractivity contribution in [2.24, 2.45) is 33.7 Å². The lowest BCUT2D eigenvalue weighted by Gasteiger charge is -2.23. The average molecular weight is 488 g/mol. The van der Waals surface area contributed by atoms with Crippen molar-refractivity contribution >= 4 is 35.6 Å². The molecule has 15 nitrogen and oxygen atoms in total. The zero-order valence-corrected chi connectivity index (χ0v) is 19.3. The summed E-state index contributed by atoms with van der Waals surface area (Å²) in [4.78, 5) is 63.4. The summed E-state index contributed by atoms with van der Waals surface area (Å²) in [6.45, 7) is 2.01. The van der Waals surface area contributed by atoms with E-state index >= 15 is 0 Å². The Morgan fingerprint density at radius 3 is 2.00 bits per heavy atom. The standard InChI is InChI=1S/C19H37N9O6/c1-10(15(30)28-13(18(33)34)9-14(22)29)26-17(32)12(6-2-3-7-20)27-16(31)11(21)5-4-8-25-19(23)24/h10-13H,2-9,20-21H2,1H3,(H2,22,29)(H,26,32)(H,27,31)(H,28,30)(H,33,34)(H4,23,24,25). The van der Waals surface area contributed by atoms with Gasteiger partial charge in [0.15, 0.2) is 5.96 Å². The van der Waals surface area contributed by atoms with Crippen molar-refractivity contribution in [3.8, 4) is 0 Å². The topological polar surface area (TPSA) is 284 Å². The summed E-state index contributed by atoms with van der Waals surface area (Å²) in [6.07, 6.45) is 1.48. The molecule has 0 aliphatic rings. The normalized spacial score (nSPS) is 14.1. The van der Waals surface area contributed by atoms with E-state index in [1.165, 1.54) is 6.92 Å². The highest BCUT2D eigenvalue weighted by molar-refractivity contribution is 5.94. The maximum absolute atomic E-state index is 12.7. The van der Waals surface area contributed by atoms with Crippen LogP contribution in [0.5, 0.6) is 0 Å². The van der Waals surface area contributed by atoms with E-state index < -0.39 is 60.2 Å². The number of nitrogens with two attached hydrogens (primary N) is 5. The third-order valence-electron chi connectivity index (χ3n) is 4.66. The van der Waals surface area contributed by atoms with Gasteiger partial charge in [0, 0.05) is 6.54 Å². The number of amides is 4. The molecule has 0 aliphatic carbocycles. The van der Waals surface area contributed by atoms with Gasteiger partial charge in [-0.15, -0.1) is 0 Å². The largest absolute Gasteiger partial charge is 0.480 e. The number of rotatable bonds is 17. The number of nitrogens with zero attached hydrogens (tertiary/aromatic N) is 1. The highest BCUT2D eigenvalue weighted by Gasteiger charge is 2.28. The molecule has 4 unspecified atom stereocenters. The summed E-state index contributed by atoms with van der Waals surface area (Å²) in [6, 6.07) is -4.62. The van der Waals surface area contributed by atoms with Crippen LogP contribution in [0.15, 0.2) is 4.99 Å². The van der Waals surface area contributed by atoms with Gasteiger partial charge in [-0.1, -0.05) is 0 Å². The van der Waals surface area contributed by atoms with Crippen LogP contribution < -0.4 is 44.6 Å². The third kappa shape index (κ3) is 13.2. The Labute approximate surface area is 197 Å². The number of carbonyl (C=O) groups is 5. The molecule has 0 rings (SSSR count). The van der Waals surface area contributed by atoms with E-state index in [9.17, 15) is 24.0 Å².